The molecule has 0 aliphatic rings. The molecule has 1 nitrogen and oxygen atoms in total. The first-order valence-electron chi connectivity index (χ1n) is 19.4. The summed E-state index contributed by atoms with van der Waals surface area (Å²) in [4.78, 5) is 0. The Morgan fingerprint density at radius 3 is 1.52 bits per heavy atom. The van der Waals surface area contributed by atoms with Gasteiger partial charge in [-0.15, -0.1) is 0 Å². The van der Waals surface area contributed by atoms with Crippen molar-refractivity contribution in [2.75, 3.05) is 0 Å². The van der Waals surface area contributed by atoms with Crippen LogP contribution in [0.2, 0.25) is 0 Å². The first-order chi connectivity index (χ1) is 27.7. The highest BCUT2D eigenvalue weighted by atomic mass is 16.3. The first-order valence-corrected chi connectivity index (χ1v) is 19.4. The van der Waals surface area contributed by atoms with Gasteiger partial charge in [-0.2, -0.15) is 0 Å². The van der Waals surface area contributed by atoms with E-state index >= 15 is 0 Å². The Labute approximate surface area is 325 Å². The summed E-state index contributed by atoms with van der Waals surface area (Å²) in [6.07, 6.45) is 0. The molecule has 1 unspecified atom stereocenters. The van der Waals surface area contributed by atoms with Crippen LogP contribution in [0.3, 0.4) is 0 Å². The maximum atomic E-state index is 6.23. The van der Waals surface area contributed by atoms with Gasteiger partial charge < -0.3 is 4.42 Å². The largest absolute Gasteiger partial charge is 0.456 e. The van der Waals surface area contributed by atoms with Crippen LogP contribution in [-0.4, -0.2) is 0 Å². The van der Waals surface area contributed by atoms with Crippen LogP contribution in [0.5, 0.6) is 0 Å². The smallest absolute Gasteiger partial charge is 0.136 e. The van der Waals surface area contributed by atoms with Crippen LogP contribution in [-0.2, 0) is 0 Å². The lowest BCUT2D eigenvalue weighted by molar-refractivity contribution is 0.669. The second kappa shape index (κ2) is 13.3. The topological polar surface area (TPSA) is 13.1 Å². The Kier molecular flexibility index (Phi) is 7.64. The Balaban J connectivity index is 0.973. The number of benzene rings is 10. The summed E-state index contributed by atoms with van der Waals surface area (Å²) in [7, 11) is 0. The maximum absolute atomic E-state index is 6.23. The fourth-order valence-corrected chi connectivity index (χ4v) is 8.75. The molecule has 11 aromatic rings. The summed E-state index contributed by atoms with van der Waals surface area (Å²) in [6.45, 7) is 0. The number of hydrogen-bond acceptors (Lipinski definition) is 1. The van der Waals surface area contributed by atoms with Gasteiger partial charge in [0, 0.05) is 16.7 Å². The van der Waals surface area contributed by atoms with Crippen molar-refractivity contribution in [1.82, 2.24) is 0 Å². The molecule has 0 aliphatic carbocycles. The molecule has 0 N–H and O–H groups in total. The second-order valence-electron chi connectivity index (χ2n) is 14.9. The standard InChI is InChI=1S/C55H36O/c1-2-10-36(11-3-1)37-20-26-41(27-21-37)55(45-31-30-43-35-54-52(34-46(43)32-45)50-16-8-9-17-53(50)56-54)42-28-22-39(23-29-42)38-18-24-40(25-19-38)51-33-44-12-4-5-13-47(44)48-14-6-7-15-49(48)51/h1-35,55H. The summed E-state index contributed by atoms with van der Waals surface area (Å²) in [5.74, 6) is 0.0543. The lowest BCUT2D eigenvalue weighted by atomic mass is 9.83. The number of furan rings is 1. The van der Waals surface area contributed by atoms with Gasteiger partial charge >= 0.3 is 0 Å². The van der Waals surface area contributed by atoms with E-state index in [1.165, 1.54) is 82.4 Å². The number of hydrogen-bond donors (Lipinski definition) is 0. The quantitative estimate of drug-likeness (QED) is 0.124. The Morgan fingerprint density at radius 1 is 0.268 bits per heavy atom. The first kappa shape index (κ1) is 32.2. The monoisotopic (exact) mass is 712 g/mol. The van der Waals surface area contributed by atoms with Crippen LogP contribution in [0.15, 0.2) is 217 Å². The predicted octanol–water partition coefficient (Wildman–Crippen LogP) is 15.2. The zero-order valence-corrected chi connectivity index (χ0v) is 30.7. The number of para-hydroxylation sites is 1. The lowest BCUT2D eigenvalue weighted by Gasteiger charge is -2.20. The van der Waals surface area contributed by atoms with E-state index < -0.39 is 0 Å². The van der Waals surface area contributed by atoms with Crippen LogP contribution < -0.4 is 0 Å². The zero-order chi connectivity index (χ0) is 37.0. The average molecular weight is 713 g/mol. The third-order valence-corrected chi connectivity index (χ3v) is 11.6. The molecule has 1 heterocycles. The molecule has 0 saturated carbocycles. The van der Waals surface area contributed by atoms with Gasteiger partial charge in [0.2, 0.25) is 0 Å². The fraction of sp³-hybridized carbons (Fsp3) is 0.0182. The minimum Gasteiger partial charge on any atom is -0.456 e. The minimum absolute atomic E-state index is 0.0543. The van der Waals surface area contributed by atoms with E-state index in [-0.39, 0.29) is 5.92 Å². The van der Waals surface area contributed by atoms with Gasteiger partial charge in [-0.1, -0.05) is 188 Å². The molecule has 0 amide bonds. The van der Waals surface area contributed by atoms with Crippen LogP contribution in [0.4, 0.5) is 0 Å². The zero-order valence-electron chi connectivity index (χ0n) is 30.7. The summed E-state index contributed by atoms with van der Waals surface area (Å²) >= 11 is 0. The molecule has 0 aliphatic heterocycles. The molecule has 0 spiro atoms. The van der Waals surface area contributed by atoms with Crippen LogP contribution >= 0.6 is 0 Å². The van der Waals surface area contributed by atoms with Crippen molar-refractivity contribution < 1.29 is 4.42 Å². The fourth-order valence-electron chi connectivity index (χ4n) is 8.75. The van der Waals surface area contributed by atoms with Crippen LogP contribution in [0.25, 0.3) is 87.6 Å². The molecule has 10 aromatic carbocycles. The summed E-state index contributed by atoms with van der Waals surface area (Å²) in [5, 5.41) is 9.82. The Bertz CT molecular complexity index is 3210. The lowest BCUT2D eigenvalue weighted by Crippen LogP contribution is -2.03. The predicted molar refractivity (Wildman–Crippen MR) is 236 cm³/mol. The molecular formula is C55H36O. The molecule has 11 rings (SSSR count). The van der Waals surface area contributed by atoms with Gasteiger partial charge in [-0.05, 0) is 107 Å². The molecule has 56 heavy (non-hydrogen) atoms. The van der Waals surface area contributed by atoms with Gasteiger partial charge in [0.25, 0.3) is 0 Å². The van der Waals surface area contributed by atoms with Crippen LogP contribution in [0.1, 0.15) is 22.6 Å². The highest BCUT2D eigenvalue weighted by molar-refractivity contribution is 6.14. The molecule has 0 fully saturated rings. The van der Waals surface area contributed by atoms with Crippen molar-refractivity contribution in [3.8, 4) is 33.4 Å². The van der Waals surface area contributed by atoms with Gasteiger partial charge in [0.15, 0.2) is 0 Å². The van der Waals surface area contributed by atoms with Gasteiger partial charge in [0.05, 0.1) is 0 Å². The van der Waals surface area contributed by atoms with E-state index in [0.29, 0.717) is 0 Å². The molecule has 0 saturated heterocycles. The van der Waals surface area contributed by atoms with E-state index in [2.05, 4.69) is 200 Å². The maximum Gasteiger partial charge on any atom is 0.136 e. The van der Waals surface area contributed by atoms with Crippen molar-refractivity contribution in [1.29, 1.82) is 0 Å². The van der Waals surface area contributed by atoms with E-state index in [1.807, 2.05) is 12.1 Å². The molecule has 262 valence electrons. The normalized spacial score (nSPS) is 12.2. The molecule has 0 radical (unpaired) electrons. The van der Waals surface area contributed by atoms with Crippen molar-refractivity contribution in [2.45, 2.75) is 5.92 Å². The summed E-state index contributed by atoms with van der Waals surface area (Å²) in [6, 6.07) is 77.4. The molecule has 1 atom stereocenters. The third-order valence-electron chi connectivity index (χ3n) is 11.6. The van der Waals surface area contributed by atoms with E-state index in [0.717, 1.165) is 21.9 Å². The van der Waals surface area contributed by atoms with E-state index in [1.54, 1.807) is 0 Å². The van der Waals surface area contributed by atoms with Gasteiger partial charge in [0.1, 0.15) is 11.2 Å². The van der Waals surface area contributed by atoms with Gasteiger partial charge in [-0.3, -0.25) is 0 Å². The molecule has 1 heteroatoms. The van der Waals surface area contributed by atoms with Crippen molar-refractivity contribution >= 4 is 54.3 Å². The number of rotatable bonds is 6. The van der Waals surface area contributed by atoms with Gasteiger partial charge in [-0.25, -0.2) is 0 Å². The molecular weight excluding hydrogens is 677 g/mol. The summed E-state index contributed by atoms with van der Waals surface area (Å²) < 4.78 is 6.23. The van der Waals surface area contributed by atoms with E-state index in [4.69, 9.17) is 4.42 Å². The number of fused-ring (bicyclic) bond motifs is 7. The highest BCUT2D eigenvalue weighted by Gasteiger charge is 2.19. The second-order valence-corrected chi connectivity index (χ2v) is 14.9. The Hall–Kier alpha value is -7.22. The summed E-state index contributed by atoms with van der Waals surface area (Å²) in [5.41, 5.74) is 13.0. The van der Waals surface area contributed by atoms with E-state index in [9.17, 15) is 0 Å². The third kappa shape index (κ3) is 5.56. The van der Waals surface area contributed by atoms with Crippen molar-refractivity contribution in [3.05, 3.63) is 229 Å². The van der Waals surface area contributed by atoms with Crippen molar-refractivity contribution in [3.63, 3.8) is 0 Å². The average Bonchev–Trinajstić information content (AvgIpc) is 3.63. The SMILES string of the molecule is c1ccc(-c2ccc(C(c3ccc(-c4ccc(-c5cc6ccccc6c6ccccc56)cc4)cc3)c3ccc4cc5oc6ccccc6c5cc4c3)cc2)cc1. The molecule has 1 aromatic heterocycles. The van der Waals surface area contributed by atoms with Crippen molar-refractivity contribution in [2.24, 2.45) is 0 Å². The highest BCUT2D eigenvalue weighted by Crippen LogP contribution is 2.39. The Morgan fingerprint density at radius 2 is 0.804 bits per heavy atom. The minimum atomic E-state index is 0.0543. The van der Waals surface area contributed by atoms with Crippen LogP contribution in [0, 0.1) is 0 Å². The molecule has 0 bridgehead atoms.